The van der Waals surface area contributed by atoms with Crippen LogP contribution in [-0.4, -0.2) is 23.7 Å². The van der Waals surface area contributed by atoms with Gasteiger partial charge in [0.1, 0.15) is 23.0 Å². The molecule has 0 saturated heterocycles. The molecule has 0 aliphatic heterocycles. The van der Waals surface area contributed by atoms with Gasteiger partial charge in [-0.2, -0.15) is 0 Å². The van der Waals surface area contributed by atoms with E-state index in [0.717, 1.165) is 10.8 Å². The van der Waals surface area contributed by atoms with E-state index in [0.29, 0.717) is 11.0 Å². The van der Waals surface area contributed by atoms with Crippen LogP contribution >= 0.6 is 0 Å². The summed E-state index contributed by atoms with van der Waals surface area (Å²) in [5, 5.41) is 4.39. The van der Waals surface area contributed by atoms with Gasteiger partial charge in [-0.05, 0) is 51.3 Å². The maximum absolute atomic E-state index is 12.2. The summed E-state index contributed by atoms with van der Waals surface area (Å²) in [4.78, 5) is 36.1. The molecule has 2 aromatic carbocycles. The first-order valence-electron chi connectivity index (χ1n) is 8.81. The molecule has 0 aliphatic carbocycles. The highest BCUT2D eigenvalue weighted by Crippen LogP contribution is 2.26. The first-order valence-corrected chi connectivity index (χ1v) is 8.81. The molecular formula is C21H21NO6. The molecule has 1 N–H and O–H groups in total. The fraction of sp³-hybridized carbons (Fsp3) is 0.286. The third kappa shape index (κ3) is 4.31. The van der Waals surface area contributed by atoms with Gasteiger partial charge in [0, 0.05) is 11.5 Å². The van der Waals surface area contributed by atoms with Gasteiger partial charge in [-0.15, -0.1) is 0 Å². The van der Waals surface area contributed by atoms with E-state index >= 15 is 0 Å². The molecule has 146 valence electrons. The monoisotopic (exact) mass is 383 g/mol. The number of benzene rings is 2. The number of alkyl carbamates (subject to hydrolysis) is 1. The number of fused-ring (bicyclic) bond motifs is 3. The Kier molecular flexibility index (Phi) is 5.09. The number of carbonyl (C=O) groups is 2. The topological polar surface area (TPSA) is 94.8 Å². The van der Waals surface area contributed by atoms with Crippen molar-refractivity contribution in [3.8, 4) is 5.75 Å². The second-order valence-electron chi connectivity index (χ2n) is 7.38. The summed E-state index contributed by atoms with van der Waals surface area (Å²) >= 11 is 0. The largest absolute Gasteiger partial charge is 0.444 e. The fourth-order valence-electron chi connectivity index (χ4n) is 2.67. The van der Waals surface area contributed by atoms with Crippen molar-refractivity contribution in [1.29, 1.82) is 0 Å². The number of hydrogen-bond acceptors (Lipinski definition) is 6. The maximum atomic E-state index is 12.2. The summed E-state index contributed by atoms with van der Waals surface area (Å²) in [6, 6.07) is 11.0. The third-order valence-electron chi connectivity index (χ3n) is 3.90. The van der Waals surface area contributed by atoms with Crippen molar-refractivity contribution in [2.45, 2.75) is 39.3 Å². The summed E-state index contributed by atoms with van der Waals surface area (Å²) in [6.07, 6.45) is -0.715. The Balaban J connectivity index is 1.79. The summed E-state index contributed by atoms with van der Waals surface area (Å²) < 4.78 is 15.7. The molecule has 0 bridgehead atoms. The molecule has 0 saturated carbocycles. The molecule has 3 aromatic rings. The highest BCUT2D eigenvalue weighted by Gasteiger charge is 2.22. The van der Waals surface area contributed by atoms with Crippen LogP contribution in [0.2, 0.25) is 0 Å². The number of carbonyl (C=O) groups excluding carboxylic acids is 2. The van der Waals surface area contributed by atoms with E-state index in [1.54, 1.807) is 45.0 Å². The minimum absolute atomic E-state index is 0.203. The molecule has 3 rings (SSSR count). The molecule has 0 radical (unpaired) electrons. The Morgan fingerprint density at radius 2 is 1.71 bits per heavy atom. The van der Waals surface area contributed by atoms with Crippen LogP contribution in [0.25, 0.3) is 21.7 Å². The number of hydrogen-bond donors (Lipinski definition) is 1. The number of nitrogens with one attached hydrogen (secondary N) is 1. The first kappa shape index (κ1) is 19.4. The Labute approximate surface area is 161 Å². The zero-order chi connectivity index (χ0) is 20.5. The van der Waals surface area contributed by atoms with E-state index in [1.807, 2.05) is 12.1 Å². The highest BCUT2D eigenvalue weighted by atomic mass is 16.6. The van der Waals surface area contributed by atoms with Crippen LogP contribution in [0.4, 0.5) is 4.79 Å². The molecule has 1 amide bonds. The van der Waals surface area contributed by atoms with Crippen molar-refractivity contribution < 1.29 is 23.5 Å². The van der Waals surface area contributed by atoms with Crippen molar-refractivity contribution in [2.24, 2.45) is 0 Å². The number of ether oxygens (including phenoxy) is 2. The predicted octanol–water partition coefficient (Wildman–Crippen LogP) is 3.76. The normalized spacial score (nSPS) is 12.6. The van der Waals surface area contributed by atoms with Crippen molar-refractivity contribution >= 4 is 33.8 Å². The van der Waals surface area contributed by atoms with Gasteiger partial charge in [-0.25, -0.2) is 14.4 Å². The van der Waals surface area contributed by atoms with Gasteiger partial charge < -0.3 is 19.2 Å². The third-order valence-corrected chi connectivity index (χ3v) is 3.90. The Morgan fingerprint density at radius 1 is 1.04 bits per heavy atom. The summed E-state index contributed by atoms with van der Waals surface area (Å²) in [6.45, 7) is 6.66. The minimum atomic E-state index is -0.922. The standard InChI is InChI=1S/C21H21NO6/c1-12(22-20(25)28-21(2,3)4)18(23)26-13-9-10-15-14-7-5-6-8-16(14)19(24)27-17(15)11-13/h5-12H,1-4H3,(H,22,25). The predicted molar refractivity (Wildman–Crippen MR) is 104 cm³/mol. The van der Waals surface area contributed by atoms with Gasteiger partial charge in [-0.1, -0.05) is 18.2 Å². The molecule has 0 aliphatic rings. The highest BCUT2D eigenvalue weighted by molar-refractivity contribution is 6.04. The smallest absolute Gasteiger partial charge is 0.408 e. The van der Waals surface area contributed by atoms with Crippen LogP contribution in [-0.2, 0) is 9.53 Å². The molecule has 1 aromatic heterocycles. The zero-order valence-corrected chi connectivity index (χ0v) is 16.1. The second kappa shape index (κ2) is 7.34. The molecule has 1 unspecified atom stereocenters. The Morgan fingerprint density at radius 3 is 2.39 bits per heavy atom. The average molecular weight is 383 g/mol. The van der Waals surface area contributed by atoms with Crippen LogP contribution in [0.1, 0.15) is 27.7 Å². The van der Waals surface area contributed by atoms with Crippen LogP contribution < -0.4 is 15.7 Å². The second-order valence-corrected chi connectivity index (χ2v) is 7.38. The lowest BCUT2D eigenvalue weighted by Gasteiger charge is -2.21. The first-order chi connectivity index (χ1) is 13.1. The van der Waals surface area contributed by atoms with Gasteiger partial charge >= 0.3 is 17.7 Å². The molecule has 1 atom stereocenters. The zero-order valence-electron chi connectivity index (χ0n) is 16.1. The van der Waals surface area contributed by atoms with E-state index in [9.17, 15) is 14.4 Å². The average Bonchev–Trinajstić information content (AvgIpc) is 2.60. The van der Waals surface area contributed by atoms with Gasteiger partial charge in [0.05, 0.1) is 5.39 Å². The van der Waals surface area contributed by atoms with Crippen LogP contribution in [0.15, 0.2) is 51.7 Å². The van der Waals surface area contributed by atoms with Crippen molar-refractivity contribution in [3.63, 3.8) is 0 Å². The lowest BCUT2D eigenvalue weighted by molar-refractivity contribution is -0.136. The number of esters is 1. The number of amides is 1. The molecule has 7 heteroatoms. The lowest BCUT2D eigenvalue weighted by atomic mass is 10.1. The Bertz CT molecular complexity index is 1110. The molecule has 0 fully saturated rings. The molecule has 28 heavy (non-hydrogen) atoms. The SMILES string of the molecule is CC(NC(=O)OC(C)(C)C)C(=O)Oc1ccc2c(c1)oc(=O)c1ccccc12. The van der Waals surface area contributed by atoms with Gasteiger partial charge in [0.2, 0.25) is 0 Å². The van der Waals surface area contributed by atoms with Gasteiger partial charge in [-0.3, -0.25) is 0 Å². The van der Waals surface area contributed by atoms with E-state index in [-0.39, 0.29) is 5.75 Å². The van der Waals surface area contributed by atoms with E-state index < -0.39 is 29.3 Å². The van der Waals surface area contributed by atoms with Crippen LogP contribution in [0, 0.1) is 0 Å². The summed E-state index contributed by atoms with van der Waals surface area (Å²) in [5.41, 5.74) is -0.833. The Hall–Kier alpha value is -3.35. The van der Waals surface area contributed by atoms with Crippen molar-refractivity contribution in [2.75, 3.05) is 0 Å². The molecule has 7 nitrogen and oxygen atoms in total. The van der Waals surface area contributed by atoms with Crippen molar-refractivity contribution in [1.82, 2.24) is 5.32 Å². The van der Waals surface area contributed by atoms with E-state index in [2.05, 4.69) is 5.32 Å². The summed E-state index contributed by atoms with van der Waals surface area (Å²) in [5.74, 6) is -0.470. The minimum Gasteiger partial charge on any atom is -0.444 e. The molecular weight excluding hydrogens is 362 g/mol. The summed E-state index contributed by atoms with van der Waals surface area (Å²) in [7, 11) is 0. The molecule has 0 spiro atoms. The van der Waals surface area contributed by atoms with Crippen LogP contribution in [0.3, 0.4) is 0 Å². The van der Waals surface area contributed by atoms with E-state index in [1.165, 1.54) is 13.0 Å². The van der Waals surface area contributed by atoms with Gasteiger partial charge in [0.15, 0.2) is 0 Å². The van der Waals surface area contributed by atoms with Crippen molar-refractivity contribution in [3.05, 3.63) is 52.9 Å². The fourth-order valence-corrected chi connectivity index (χ4v) is 2.67. The number of rotatable bonds is 3. The van der Waals surface area contributed by atoms with Crippen LogP contribution in [0.5, 0.6) is 5.75 Å². The maximum Gasteiger partial charge on any atom is 0.408 e. The molecule has 1 heterocycles. The van der Waals surface area contributed by atoms with Gasteiger partial charge in [0.25, 0.3) is 0 Å². The van der Waals surface area contributed by atoms with E-state index in [4.69, 9.17) is 13.9 Å². The quantitative estimate of drug-likeness (QED) is 0.320. The lowest BCUT2D eigenvalue weighted by Crippen LogP contribution is -2.43.